The predicted molar refractivity (Wildman–Crippen MR) is 183 cm³/mol. The van der Waals surface area contributed by atoms with Gasteiger partial charge in [0, 0.05) is 42.2 Å². The van der Waals surface area contributed by atoms with Gasteiger partial charge in [-0.1, -0.05) is 38.5 Å². The summed E-state index contributed by atoms with van der Waals surface area (Å²) in [6, 6.07) is 5.32. The summed E-state index contributed by atoms with van der Waals surface area (Å²) in [7, 11) is 0. The Labute approximate surface area is 276 Å². The van der Waals surface area contributed by atoms with E-state index in [1.54, 1.807) is 0 Å². The molecule has 45 heavy (non-hydrogen) atoms. The van der Waals surface area contributed by atoms with Crippen molar-refractivity contribution >= 4 is 0 Å². The standard InChI is InChI=1S/C40H68N4O/c1-3-8-29(9-4-1)43(30-10-5-2-6-11-30)32-18-20-37-35(25-32)36-26-41-23-21-38(36)44(37)31-16-13-27(14-17-31)28-15-19-33-34-12-7-22-42-40(34)45-39(33)24-28/h27-42H,1-26H2. The quantitative estimate of drug-likeness (QED) is 0.333. The van der Waals surface area contributed by atoms with Crippen LogP contribution in [0.1, 0.15) is 148 Å². The van der Waals surface area contributed by atoms with Gasteiger partial charge in [-0.2, -0.15) is 0 Å². The van der Waals surface area contributed by atoms with Crippen molar-refractivity contribution in [3.05, 3.63) is 0 Å². The lowest BCUT2D eigenvalue weighted by Crippen LogP contribution is -2.55. The average Bonchev–Trinajstić information content (AvgIpc) is 3.64. The maximum Gasteiger partial charge on any atom is 0.111 e. The zero-order chi connectivity index (χ0) is 29.7. The van der Waals surface area contributed by atoms with Crippen LogP contribution in [-0.4, -0.2) is 78.0 Å². The van der Waals surface area contributed by atoms with Crippen molar-refractivity contribution in [1.29, 1.82) is 0 Å². The van der Waals surface area contributed by atoms with E-state index >= 15 is 0 Å². The second kappa shape index (κ2) is 13.6. The summed E-state index contributed by atoms with van der Waals surface area (Å²) in [5.74, 6) is 5.44. The number of piperidine rings is 2. The molecule has 0 bridgehead atoms. The van der Waals surface area contributed by atoms with Gasteiger partial charge in [-0.15, -0.1) is 0 Å². The minimum Gasteiger partial charge on any atom is -0.360 e. The number of nitrogens with zero attached hydrogens (tertiary/aromatic N) is 2. The van der Waals surface area contributed by atoms with Crippen molar-refractivity contribution in [3.63, 3.8) is 0 Å². The van der Waals surface area contributed by atoms with Crippen LogP contribution in [-0.2, 0) is 4.74 Å². The third kappa shape index (κ3) is 5.91. The van der Waals surface area contributed by atoms with Gasteiger partial charge in [0.25, 0.3) is 0 Å². The summed E-state index contributed by atoms with van der Waals surface area (Å²) in [4.78, 5) is 6.49. The molecule has 5 aliphatic carbocycles. The van der Waals surface area contributed by atoms with Crippen molar-refractivity contribution in [3.8, 4) is 0 Å². The summed E-state index contributed by atoms with van der Waals surface area (Å²) in [6.45, 7) is 3.73. The molecular weight excluding hydrogens is 552 g/mol. The van der Waals surface area contributed by atoms with E-state index in [0.29, 0.717) is 12.3 Å². The number of hydrogen-bond acceptors (Lipinski definition) is 5. The predicted octanol–water partition coefficient (Wildman–Crippen LogP) is 7.48. The van der Waals surface area contributed by atoms with Crippen molar-refractivity contribution in [1.82, 2.24) is 20.4 Å². The smallest absolute Gasteiger partial charge is 0.111 e. The summed E-state index contributed by atoms with van der Waals surface area (Å²) >= 11 is 0. The first-order chi connectivity index (χ1) is 22.3. The van der Waals surface area contributed by atoms with Gasteiger partial charge < -0.3 is 10.1 Å². The van der Waals surface area contributed by atoms with Crippen LogP contribution in [0.25, 0.3) is 0 Å². The minimum atomic E-state index is 0.386. The molecule has 0 amide bonds. The molecule has 254 valence electrons. The SMILES string of the molecule is C1CCC(N(C2CCCCC2)C2CCC3C(C2)C2CNCCC2N3C2CCC(C3CCC4C(C3)OC3NCCCC34)CC2)CC1. The second-order valence-corrected chi connectivity index (χ2v) is 18.1. The first-order valence-electron chi connectivity index (χ1n) is 21.0. The van der Waals surface area contributed by atoms with Gasteiger partial charge in [0.15, 0.2) is 0 Å². The van der Waals surface area contributed by atoms with E-state index in [-0.39, 0.29) is 0 Å². The van der Waals surface area contributed by atoms with Crippen molar-refractivity contribution < 1.29 is 4.74 Å². The maximum atomic E-state index is 6.69. The molecule has 10 atom stereocenters. The molecule has 0 spiro atoms. The van der Waals surface area contributed by atoms with Crippen LogP contribution < -0.4 is 10.6 Å². The first-order valence-corrected chi connectivity index (χ1v) is 21.0. The lowest BCUT2D eigenvalue weighted by molar-refractivity contribution is -0.0282. The van der Waals surface area contributed by atoms with Crippen LogP contribution in [0.5, 0.6) is 0 Å². The maximum absolute atomic E-state index is 6.69. The largest absolute Gasteiger partial charge is 0.360 e. The third-order valence-electron chi connectivity index (χ3n) is 16.1. The van der Waals surface area contributed by atoms with E-state index in [9.17, 15) is 0 Å². The Kier molecular flexibility index (Phi) is 9.32. The van der Waals surface area contributed by atoms with Crippen molar-refractivity contribution in [2.24, 2.45) is 35.5 Å². The molecule has 9 aliphatic rings. The highest BCUT2D eigenvalue weighted by molar-refractivity contribution is 5.09. The topological polar surface area (TPSA) is 39.8 Å². The number of likely N-dealkylation sites (tertiary alicyclic amines) is 1. The van der Waals surface area contributed by atoms with Crippen LogP contribution in [0.4, 0.5) is 0 Å². The fourth-order valence-electron chi connectivity index (χ4n) is 14.2. The van der Waals surface area contributed by atoms with Gasteiger partial charge >= 0.3 is 0 Å². The van der Waals surface area contributed by atoms with Gasteiger partial charge in [0.1, 0.15) is 6.23 Å². The molecule has 9 rings (SSSR count). The molecule has 5 saturated carbocycles. The Morgan fingerprint density at radius 2 is 1.24 bits per heavy atom. The molecular formula is C40H68N4O. The number of rotatable bonds is 5. The Balaban J connectivity index is 0.857. The molecule has 0 aromatic heterocycles. The van der Waals surface area contributed by atoms with Gasteiger partial charge in [0.2, 0.25) is 0 Å². The van der Waals surface area contributed by atoms with E-state index in [0.717, 1.165) is 71.8 Å². The molecule has 2 N–H and O–H groups in total. The molecule has 4 heterocycles. The van der Waals surface area contributed by atoms with Gasteiger partial charge in [0.05, 0.1) is 6.10 Å². The molecule has 0 aromatic carbocycles. The molecule has 4 aliphatic heterocycles. The fourth-order valence-corrected chi connectivity index (χ4v) is 14.2. The lowest BCUT2D eigenvalue weighted by atomic mass is 9.67. The average molecular weight is 621 g/mol. The van der Waals surface area contributed by atoms with Gasteiger partial charge in [-0.05, 0) is 158 Å². The van der Waals surface area contributed by atoms with Crippen molar-refractivity contribution in [2.75, 3.05) is 19.6 Å². The zero-order valence-electron chi connectivity index (χ0n) is 28.8. The molecule has 0 radical (unpaired) electrons. The molecule has 9 fully saturated rings. The van der Waals surface area contributed by atoms with Crippen LogP contribution in [0.2, 0.25) is 0 Å². The fraction of sp³-hybridized carbons (Fsp3) is 1.00. The summed E-state index contributed by atoms with van der Waals surface area (Å²) in [6.07, 6.45) is 34.9. The number of hydrogen-bond donors (Lipinski definition) is 2. The minimum absolute atomic E-state index is 0.386. The van der Waals surface area contributed by atoms with Crippen LogP contribution >= 0.6 is 0 Å². The Morgan fingerprint density at radius 1 is 0.511 bits per heavy atom. The number of fused-ring (bicyclic) bond motifs is 6. The normalized spacial score (nSPS) is 48.5. The van der Waals surface area contributed by atoms with E-state index in [1.807, 2.05) is 0 Å². The van der Waals surface area contributed by atoms with E-state index in [2.05, 4.69) is 20.4 Å². The first kappa shape index (κ1) is 30.8. The highest BCUT2D eigenvalue weighted by Gasteiger charge is 2.55. The monoisotopic (exact) mass is 621 g/mol. The zero-order valence-corrected chi connectivity index (χ0v) is 28.8. The highest BCUT2D eigenvalue weighted by atomic mass is 16.5. The van der Waals surface area contributed by atoms with Gasteiger partial charge in [-0.3, -0.25) is 15.1 Å². The Morgan fingerprint density at radius 3 is 2.02 bits per heavy atom. The van der Waals surface area contributed by atoms with Crippen LogP contribution in [0, 0.1) is 35.5 Å². The summed E-state index contributed by atoms with van der Waals surface area (Å²) in [5.41, 5.74) is 0. The Bertz CT molecular complexity index is 953. The lowest BCUT2D eigenvalue weighted by Gasteiger charge is -2.50. The van der Waals surface area contributed by atoms with E-state index < -0.39 is 0 Å². The molecule has 5 heteroatoms. The van der Waals surface area contributed by atoms with E-state index in [4.69, 9.17) is 4.74 Å². The van der Waals surface area contributed by atoms with Crippen LogP contribution in [0.15, 0.2) is 0 Å². The molecule has 0 aromatic rings. The van der Waals surface area contributed by atoms with Crippen LogP contribution in [0.3, 0.4) is 0 Å². The Hall–Kier alpha value is -0.200. The second-order valence-electron chi connectivity index (χ2n) is 18.1. The van der Waals surface area contributed by atoms with E-state index in [1.165, 1.54) is 167 Å². The number of ether oxygens (including phenoxy) is 1. The van der Waals surface area contributed by atoms with Gasteiger partial charge in [-0.25, -0.2) is 0 Å². The number of nitrogens with one attached hydrogen (secondary N) is 2. The van der Waals surface area contributed by atoms with Crippen molar-refractivity contribution in [2.45, 2.75) is 196 Å². The molecule has 5 nitrogen and oxygen atoms in total. The summed E-state index contributed by atoms with van der Waals surface area (Å²) < 4.78 is 6.69. The highest BCUT2D eigenvalue weighted by Crippen LogP contribution is 2.53. The molecule has 10 unspecified atom stereocenters. The summed E-state index contributed by atoms with van der Waals surface area (Å²) in [5, 5.41) is 7.63. The molecule has 4 saturated heterocycles. The third-order valence-corrected chi connectivity index (χ3v) is 16.1.